The molecule has 0 spiro atoms. The molecule has 130 valence electrons. The molecule has 0 aliphatic heterocycles. The highest BCUT2D eigenvalue weighted by atomic mass is 32.2. The Hall–Kier alpha value is -1.90. The maximum Gasteiger partial charge on any atom is 0.262 e. The Bertz CT molecular complexity index is 935. The van der Waals surface area contributed by atoms with Crippen molar-refractivity contribution in [3.63, 3.8) is 0 Å². The fourth-order valence-electron chi connectivity index (χ4n) is 2.29. The Kier molecular flexibility index (Phi) is 5.32. The minimum atomic E-state index is -3.73. The first-order chi connectivity index (χ1) is 11.2. The molecule has 8 heteroatoms. The van der Waals surface area contributed by atoms with Gasteiger partial charge in [0.05, 0.1) is 9.79 Å². The lowest BCUT2D eigenvalue weighted by molar-refractivity contribution is 0.584. The molecule has 0 aromatic heterocycles. The van der Waals surface area contributed by atoms with Gasteiger partial charge in [0.15, 0.2) is 0 Å². The first-order valence-corrected chi connectivity index (χ1v) is 10.3. The zero-order valence-electron chi connectivity index (χ0n) is 13.7. The molecule has 0 heterocycles. The molecule has 0 saturated carbocycles. The molecule has 6 nitrogen and oxygen atoms in total. The Morgan fingerprint density at radius 2 is 1.50 bits per heavy atom. The van der Waals surface area contributed by atoms with Crippen LogP contribution >= 0.6 is 0 Å². The number of nitrogens with one attached hydrogen (secondary N) is 2. The Morgan fingerprint density at radius 3 is 2.04 bits per heavy atom. The first kappa shape index (κ1) is 18.4. The number of anilines is 1. The number of rotatable bonds is 6. The summed E-state index contributed by atoms with van der Waals surface area (Å²) < 4.78 is 53.5. The summed E-state index contributed by atoms with van der Waals surface area (Å²) in [6.45, 7) is 5.58. The van der Waals surface area contributed by atoms with Crippen molar-refractivity contribution < 1.29 is 16.8 Å². The van der Waals surface area contributed by atoms with Crippen molar-refractivity contribution in [2.45, 2.75) is 30.6 Å². The van der Waals surface area contributed by atoms with Crippen LogP contribution in [0, 0.1) is 13.8 Å². The van der Waals surface area contributed by atoms with Crippen LogP contribution < -0.4 is 9.44 Å². The van der Waals surface area contributed by atoms with Gasteiger partial charge in [-0.15, -0.1) is 0 Å². The number of aryl methyl sites for hydroxylation is 2. The summed E-state index contributed by atoms with van der Waals surface area (Å²) in [4.78, 5) is 0.274. The number of hydrogen-bond acceptors (Lipinski definition) is 4. The summed E-state index contributed by atoms with van der Waals surface area (Å²) in [5.41, 5.74) is 1.92. The van der Waals surface area contributed by atoms with Gasteiger partial charge in [-0.1, -0.05) is 24.6 Å². The predicted molar refractivity (Wildman–Crippen MR) is 94.0 cm³/mol. The second-order valence-electron chi connectivity index (χ2n) is 5.40. The number of benzene rings is 2. The van der Waals surface area contributed by atoms with Crippen molar-refractivity contribution in [1.29, 1.82) is 0 Å². The molecule has 0 radical (unpaired) electrons. The second kappa shape index (κ2) is 6.92. The van der Waals surface area contributed by atoms with Gasteiger partial charge in [-0.2, -0.15) is 0 Å². The fraction of sp³-hybridized carbons (Fsp3) is 0.250. The third-order valence-corrected chi connectivity index (χ3v) is 6.47. The molecule has 0 amide bonds. The molecule has 2 aromatic carbocycles. The zero-order valence-corrected chi connectivity index (χ0v) is 15.3. The SMILES string of the molecule is CCNS(=O)(=O)c1ccc(NS(=O)(=O)c2ccc(C)cc2C)cc1. The van der Waals surface area contributed by atoms with E-state index in [0.29, 0.717) is 11.3 Å². The summed E-state index contributed by atoms with van der Waals surface area (Å²) in [6, 6.07) is 10.6. The molecule has 0 aliphatic rings. The topological polar surface area (TPSA) is 92.3 Å². The van der Waals surface area contributed by atoms with Crippen molar-refractivity contribution in [3.8, 4) is 0 Å². The molecule has 0 fully saturated rings. The maximum absolute atomic E-state index is 12.5. The van der Waals surface area contributed by atoms with E-state index < -0.39 is 20.0 Å². The van der Waals surface area contributed by atoms with Crippen LogP contribution in [0.5, 0.6) is 0 Å². The third kappa shape index (κ3) is 4.14. The molecule has 0 aliphatic carbocycles. The van der Waals surface area contributed by atoms with E-state index in [1.54, 1.807) is 32.0 Å². The van der Waals surface area contributed by atoms with Crippen LogP contribution in [0.25, 0.3) is 0 Å². The van der Waals surface area contributed by atoms with Gasteiger partial charge in [-0.3, -0.25) is 4.72 Å². The van der Waals surface area contributed by atoms with Crippen molar-refractivity contribution in [3.05, 3.63) is 53.6 Å². The van der Waals surface area contributed by atoms with Gasteiger partial charge >= 0.3 is 0 Å². The lowest BCUT2D eigenvalue weighted by Crippen LogP contribution is -2.23. The largest absolute Gasteiger partial charge is 0.280 e. The number of hydrogen-bond donors (Lipinski definition) is 2. The van der Waals surface area contributed by atoms with Crippen LogP contribution in [-0.4, -0.2) is 23.4 Å². The summed E-state index contributed by atoms with van der Waals surface area (Å²) in [6.07, 6.45) is 0. The van der Waals surface area contributed by atoms with Gasteiger partial charge < -0.3 is 0 Å². The van der Waals surface area contributed by atoms with E-state index in [2.05, 4.69) is 9.44 Å². The van der Waals surface area contributed by atoms with Crippen LogP contribution in [-0.2, 0) is 20.0 Å². The van der Waals surface area contributed by atoms with Crippen molar-refractivity contribution >= 4 is 25.7 Å². The first-order valence-electron chi connectivity index (χ1n) is 7.35. The van der Waals surface area contributed by atoms with Crippen LogP contribution in [0.3, 0.4) is 0 Å². The highest BCUT2D eigenvalue weighted by molar-refractivity contribution is 7.92. The standard InChI is InChI=1S/C16H20N2O4S2/c1-4-17-23(19,20)15-8-6-14(7-9-15)18-24(21,22)16-10-5-12(2)11-13(16)3/h5-11,17-18H,4H2,1-3H3. The van der Waals surface area contributed by atoms with Crippen LogP contribution in [0.2, 0.25) is 0 Å². The van der Waals surface area contributed by atoms with Gasteiger partial charge in [-0.05, 0) is 49.7 Å². The van der Waals surface area contributed by atoms with Crippen molar-refractivity contribution in [2.75, 3.05) is 11.3 Å². The van der Waals surface area contributed by atoms with E-state index in [9.17, 15) is 16.8 Å². The molecule has 24 heavy (non-hydrogen) atoms. The highest BCUT2D eigenvalue weighted by Crippen LogP contribution is 2.21. The van der Waals surface area contributed by atoms with Gasteiger partial charge in [-0.25, -0.2) is 21.6 Å². The molecular formula is C16H20N2O4S2. The monoisotopic (exact) mass is 368 g/mol. The van der Waals surface area contributed by atoms with E-state index in [0.717, 1.165) is 5.56 Å². The Balaban J connectivity index is 2.28. The minimum Gasteiger partial charge on any atom is -0.280 e. The predicted octanol–water partition coefficient (Wildman–Crippen LogP) is 2.40. The van der Waals surface area contributed by atoms with E-state index in [-0.39, 0.29) is 16.3 Å². The highest BCUT2D eigenvalue weighted by Gasteiger charge is 2.18. The van der Waals surface area contributed by atoms with Crippen LogP contribution in [0.1, 0.15) is 18.1 Å². The molecule has 0 atom stereocenters. The average molecular weight is 368 g/mol. The van der Waals surface area contributed by atoms with Crippen molar-refractivity contribution in [1.82, 2.24) is 4.72 Å². The summed E-state index contributed by atoms with van der Waals surface area (Å²) in [5.74, 6) is 0. The van der Waals surface area contributed by atoms with E-state index in [4.69, 9.17) is 0 Å². The lowest BCUT2D eigenvalue weighted by Gasteiger charge is -2.11. The number of sulfonamides is 2. The van der Waals surface area contributed by atoms with Gasteiger partial charge in [0, 0.05) is 12.2 Å². The minimum absolute atomic E-state index is 0.0822. The van der Waals surface area contributed by atoms with Crippen molar-refractivity contribution in [2.24, 2.45) is 0 Å². The van der Waals surface area contributed by atoms with Gasteiger partial charge in [0.2, 0.25) is 10.0 Å². The average Bonchev–Trinajstić information content (AvgIpc) is 2.46. The van der Waals surface area contributed by atoms with E-state index in [1.165, 1.54) is 24.3 Å². The molecule has 2 N–H and O–H groups in total. The summed E-state index contributed by atoms with van der Waals surface area (Å²) in [7, 11) is -7.30. The van der Waals surface area contributed by atoms with E-state index >= 15 is 0 Å². The van der Waals surface area contributed by atoms with Crippen LogP contribution in [0.15, 0.2) is 52.3 Å². The third-order valence-electron chi connectivity index (χ3n) is 3.37. The summed E-state index contributed by atoms with van der Waals surface area (Å²) in [5, 5.41) is 0. The van der Waals surface area contributed by atoms with E-state index in [1.807, 2.05) is 6.92 Å². The molecule has 0 saturated heterocycles. The molecule has 2 rings (SSSR count). The summed E-state index contributed by atoms with van der Waals surface area (Å²) >= 11 is 0. The molecule has 2 aromatic rings. The smallest absolute Gasteiger partial charge is 0.262 e. The molecule has 0 bridgehead atoms. The Morgan fingerprint density at radius 1 is 0.875 bits per heavy atom. The lowest BCUT2D eigenvalue weighted by atomic mass is 10.2. The molecule has 0 unspecified atom stereocenters. The fourth-order valence-corrected chi connectivity index (χ4v) is 4.61. The van der Waals surface area contributed by atoms with Crippen LogP contribution in [0.4, 0.5) is 5.69 Å². The maximum atomic E-state index is 12.5. The quantitative estimate of drug-likeness (QED) is 0.819. The van der Waals surface area contributed by atoms with Gasteiger partial charge in [0.1, 0.15) is 0 Å². The molecular weight excluding hydrogens is 348 g/mol. The Labute approximate surface area is 143 Å². The zero-order chi connectivity index (χ0) is 18.0. The normalized spacial score (nSPS) is 12.1. The van der Waals surface area contributed by atoms with Gasteiger partial charge in [0.25, 0.3) is 10.0 Å². The second-order valence-corrected chi connectivity index (χ2v) is 8.82.